The van der Waals surface area contributed by atoms with Crippen LogP contribution in [0.25, 0.3) is 0 Å². The van der Waals surface area contributed by atoms with Crippen LogP contribution in [-0.4, -0.2) is 46.6 Å². The number of aliphatic hydroxyl groups is 1. The van der Waals surface area contributed by atoms with Gasteiger partial charge in [-0.2, -0.15) is 13.2 Å². The fraction of sp³-hybridized carbons (Fsp3) is 0.417. The Morgan fingerprint density at radius 1 is 1.15 bits per heavy atom. The molecule has 2 aromatic rings. The number of carbonyl (C=O) groups excluding carboxylic acids is 2. The number of alkyl halides is 3. The number of carbonyl (C=O) groups is 2. The van der Waals surface area contributed by atoms with Gasteiger partial charge < -0.3 is 20.6 Å². The molecule has 0 spiro atoms. The molecule has 3 N–H and O–H groups in total. The number of rotatable bonds is 5. The Labute approximate surface area is 193 Å². The van der Waals surface area contributed by atoms with Crippen molar-refractivity contribution in [3.8, 4) is 0 Å². The summed E-state index contributed by atoms with van der Waals surface area (Å²) in [6, 6.07) is 8.84. The molecule has 1 aliphatic heterocycles. The predicted molar refractivity (Wildman–Crippen MR) is 117 cm³/mol. The Morgan fingerprint density at radius 2 is 1.85 bits per heavy atom. The zero-order valence-electron chi connectivity index (χ0n) is 18.5. The van der Waals surface area contributed by atoms with E-state index in [2.05, 4.69) is 10.6 Å². The minimum absolute atomic E-state index is 0.0298. The molecule has 1 aliphatic carbocycles. The summed E-state index contributed by atoms with van der Waals surface area (Å²) >= 11 is 0. The summed E-state index contributed by atoms with van der Waals surface area (Å²) in [5.41, 5.74) is -1.21. The molecular formula is C24H25F4N3O3. The van der Waals surface area contributed by atoms with E-state index in [1.165, 1.54) is 4.90 Å². The monoisotopic (exact) mass is 479 g/mol. The highest BCUT2D eigenvalue weighted by Crippen LogP contribution is 2.38. The highest BCUT2D eigenvalue weighted by Gasteiger charge is 2.51. The van der Waals surface area contributed by atoms with Crippen LogP contribution in [0.3, 0.4) is 0 Å². The van der Waals surface area contributed by atoms with Crippen molar-refractivity contribution in [3.63, 3.8) is 0 Å². The van der Waals surface area contributed by atoms with Crippen molar-refractivity contribution in [1.82, 2.24) is 4.90 Å². The molecule has 1 saturated heterocycles. The van der Waals surface area contributed by atoms with Gasteiger partial charge in [0.1, 0.15) is 11.4 Å². The minimum Gasteiger partial charge on any atom is -0.381 e. The fourth-order valence-electron chi connectivity index (χ4n) is 4.20. The third kappa shape index (κ3) is 5.16. The average Bonchev–Trinajstić information content (AvgIpc) is 3.52. The quantitative estimate of drug-likeness (QED) is 0.568. The topological polar surface area (TPSA) is 81.7 Å². The summed E-state index contributed by atoms with van der Waals surface area (Å²) < 4.78 is 53.1. The smallest absolute Gasteiger partial charge is 0.381 e. The molecule has 2 aromatic carbocycles. The fourth-order valence-corrected chi connectivity index (χ4v) is 4.20. The number of hydrogen-bond donors (Lipinski definition) is 3. The maximum atomic E-state index is 13.8. The number of likely N-dealkylation sites (tertiary alicyclic amines) is 1. The number of piperidine rings is 1. The maximum Gasteiger partial charge on any atom is 0.416 e. The Bertz CT molecular complexity index is 1100. The lowest BCUT2D eigenvalue weighted by Gasteiger charge is -2.39. The average molecular weight is 479 g/mol. The third-order valence-corrected chi connectivity index (χ3v) is 6.34. The van der Waals surface area contributed by atoms with E-state index in [0.717, 1.165) is 17.3 Å². The summed E-state index contributed by atoms with van der Waals surface area (Å²) in [4.78, 5) is 27.3. The zero-order valence-corrected chi connectivity index (χ0v) is 18.5. The second kappa shape index (κ2) is 8.90. The molecule has 182 valence electrons. The van der Waals surface area contributed by atoms with E-state index in [1.54, 1.807) is 0 Å². The molecule has 1 heterocycles. The lowest BCUT2D eigenvalue weighted by molar-refractivity contribution is -0.145. The van der Waals surface area contributed by atoms with E-state index in [4.69, 9.17) is 0 Å². The lowest BCUT2D eigenvalue weighted by Crippen LogP contribution is -2.55. The molecule has 4 rings (SSSR count). The van der Waals surface area contributed by atoms with E-state index < -0.39 is 46.9 Å². The first kappa shape index (κ1) is 24.0. The molecule has 2 fully saturated rings. The molecule has 10 heteroatoms. The number of amides is 2. The minimum atomic E-state index is -4.77. The number of halogens is 4. The molecule has 0 bridgehead atoms. The number of benzene rings is 2. The Balaban J connectivity index is 1.58. The first-order valence-electron chi connectivity index (χ1n) is 11.0. The first-order valence-corrected chi connectivity index (χ1v) is 11.0. The van der Waals surface area contributed by atoms with Crippen molar-refractivity contribution in [3.05, 3.63) is 59.4 Å². The maximum absolute atomic E-state index is 13.8. The Kier molecular flexibility index (Phi) is 6.28. The molecule has 2 amide bonds. The summed E-state index contributed by atoms with van der Waals surface area (Å²) in [5, 5.41) is 15.9. The van der Waals surface area contributed by atoms with Crippen molar-refractivity contribution in [1.29, 1.82) is 0 Å². The third-order valence-electron chi connectivity index (χ3n) is 6.34. The second-order valence-electron chi connectivity index (χ2n) is 8.96. The number of nitrogens with one attached hydrogen (secondary N) is 2. The van der Waals surface area contributed by atoms with Crippen LogP contribution in [0.2, 0.25) is 0 Å². The normalized spacial score (nSPS) is 21.6. The van der Waals surface area contributed by atoms with Crippen molar-refractivity contribution in [2.24, 2.45) is 5.92 Å². The second-order valence-corrected chi connectivity index (χ2v) is 8.96. The SMILES string of the molecule is Cc1ccccc1N[C@H]1CCN(C(=O)C2(O)CC2)C[C@@H]1C(=O)Nc1cc(F)cc(C(F)(F)F)c1. The van der Waals surface area contributed by atoms with Crippen LogP contribution in [0.1, 0.15) is 30.4 Å². The van der Waals surface area contributed by atoms with Crippen molar-refractivity contribution < 1.29 is 32.3 Å². The van der Waals surface area contributed by atoms with Crippen LogP contribution < -0.4 is 10.6 Å². The molecule has 2 atom stereocenters. The van der Waals surface area contributed by atoms with Crippen molar-refractivity contribution in [2.45, 2.75) is 44.0 Å². The lowest BCUT2D eigenvalue weighted by atomic mass is 9.90. The van der Waals surface area contributed by atoms with Crippen LogP contribution in [-0.2, 0) is 15.8 Å². The van der Waals surface area contributed by atoms with Gasteiger partial charge in [-0.3, -0.25) is 9.59 Å². The summed E-state index contributed by atoms with van der Waals surface area (Å²) in [7, 11) is 0. The summed E-state index contributed by atoms with van der Waals surface area (Å²) in [5.74, 6) is -3.08. The number of nitrogens with zero attached hydrogens (tertiary/aromatic N) is 1. The highest BCUT2D eigenvalue weighted by molar-refractivity contribution is 5.95. The van der Waals surface area contributed by atoms with Gasteiger partial charge in [0.2, 0.25) is 5.91 Å². The molecule has 0 unspecified atom stereocenters. The zero-order chi connectivity index (χ0) is 24.7. The molecule has 6 nitrogen and oxygen atoms in total. The Hall–Kier alpha value is -3.14. The van der Waals surface area contributed by atoms with Crippen LogP contribution in [0.4, 0.5) is 28.9 Å². The molecular weight excluding hydrogens is 454 g/mol. The number of anilines is 2. The largest absolute Gasteiger partial charge is 0.416 e. The van der Waals surface area contributed by atoms with Gasteiger partial charge in [0, 0.05) is 30.5 Å². The predicted octanol–water partition coefficient (Wildman–Crippen LogP) is 3.95. The van der Waals surface area contributed by atoms with Gasteiger partial charge in [-0.1, -0.05) is 18.2 Å². The highest BCUT2D eigenvalue weighted by atomic mass is 19.4. The molecule has 0 radical (unpaired) electrons. The van der Waals surface area contributed by atoms with Crippen molar-refractivity contribution in [2.75, 3.05) is 23.7 Å². The number of para-hydroxylation sites is 1. The van der Waals surface area contributed by atoms with E-state index in [0.29, 0.717) is 37.9 Å². The van der Waals surface area contributed by atoms with Gasteiger partial charge in [0.05, 0.1) is 11.5 Å². The van der Waals surface area contributed by atoms with Gasteiger partial charge in [0.25, 0.3) is 5.91 Å². The molecule has 0 aromatic heterocycles. The van der Waals surface area contributed by atoms with E-state index in [9.17, 15) is 32.3 Å². The summed E-state index contributed by atoms with van der Waals surface area (Å²) in [6.45, 7) is 2.18. The van der Waals surface area contributed by atoms with Gasteiger partial charge in [-0.05, 0) is 56.0 Å². The van der Waals surface area contributed by atoms with Gasteiger partial charge in [0.15, 0.2) is 0 Å². The van der Waals surface area contributed by atoms with Crippen LogP contribution >= 0.6 is 0 Å². The standard InChI is InChI=1S/C24H25F4N3O3/c1-14-4-2-3-5-19(14)30-20-6-9-31(22(33)23(34)7-8-23)13-18(20)21(32)29-17-11-15(24(26,27)28)10-16(25)12-17/h2-5,10-12,18,20,30,34H,6-9,13H2,1H3,(H,29,32)/t18-,20-/m0/s1. The van der Waals surface area contributed by atoms with Crippen LogP contribution in [0, 0.1) is 18.7 Å². The van der Waals surface area contributed by atoms with E-state index in [-0.39, 0.29) is 12.2 Å². The summed E-state index contributed by atoms with van der Waals surface area (Å²) in [6.07, 6.45) is -3.68. The molecule has 34 heavy (non-hydrogen) atoms. The van der Waals surface area contributed by atoms with E-state index >= 15 is 0 Å². The molecule has 1 saturated carbocycles. The van der Waals surface area contributed by atoms with Crippen LogP contribution in [0.5, 0.6) is 0 Å². The van der Waals surface area contributed by atoms with Crippen molar-refractivity contribution >= 4 is 23.2 Å². The number of hydrogen-bond acceptors (Lipinski definition) is 4. The van der Waals surface area contributed by atoms with Gasteiger partial charge >= 0.3 is 6.18 Å². The first-order chi connectivity index (χ1) is 16.0. The number of aryl methyl sites for hydroxylation is 1. The van der Waals surface area contributed by atoms with Gasteiger partial charge in [-0.15, -0.1) is 0 Å². The van der Waals surface area contributed by atoms with Crippen LogP contribution in [0.15, 0.2) is 42.5 Å². The van der Waals surface area contributed by atoms with E-state index in [1.807, 2.05) is 31.2 Å². The van der Waals surface area contributed by atoms with Gasteiger partial charge in [-0.25, -0.2) is 4.39 Å². The molecule has 2 aliphatic rings. The Morgan fingerprint density at radius 3 is 2.50 bits per heavy atom.